The minimum atomic E-state index is 0.144. The van der Waals surface area contributed by atoms with Gasteiger partial charge in [0.1, 0.15) is 0 Å². The van der Waals surface area contributed by atoms with Gasteiger partial charge < -0.3 is 10.6 Å². The van der Waals surface area contributed by atoms with Crippen LogP contribution in [-0.2, 0) is 13.0 Å². The van der Waals surface area contributed by atoms with Gasteiger partial charge in [0.15, 0.2) is 5.82 Å². The molecule has 2 aromatic carbocycles. The fourth-order valence-electron chi connectivity index (χ4n) is 3.77. The van der Waals surface area contributed by atoms with Gasteiger partial charge in [-0.1, -0.05) is 43.3 Å². The van der Waals surface area contributed by atoms with E-state index in [9.17, 15) is 0 Å². The van der Waals surface area contributed by atoms with Gasteiger partial charge in [-0.2, -0.15) is 5.10 Å². The van der Waals surface area contributed by atoms with Crippen LogP contribution < -0.4 is 10.6 Å². The maximum atomic E-state index is 4.49. The van der Waals surface area contributed by atoms with E-state index in [1.165, 1.54) is 26.4 Å². The summed E-state index contributed by atoms with van der Waals surface area (Å²) in [6.07, 6.45) is 1.01. The van der Waals surface area contributed by atoms with E-state index < -0.39 is 0 Å². The summed E-state index contributed by atoms with van der Waals surface area (Å²) in [6.45, 7) is 7.24. The lowest BCUT2D eigenvalue weighted by Gasteiger charge is -2.15. The highest BCUT2D eigenvalue weighted by Crippen LogP contribution is 2.35. The molecule has 2 N–H and O–H groups in total. The zero-order valence-corrected chi connectivity index (χ0v) is 18.8. The molecule has 0 spiro atoms. The highest BCUT2D eigenvalue weighted by Gasteiger charge is 2.15. The number of thiophene rings is 1. The van der Waals surface area contributed by atoms with E-state index in [0.717, 1.165) is 35.2 Å². The summed E-state index contributed by atoms with van der Waals surface area (Å²) in [5, 5.41) is 18.0. The summed E-state index contributed by atoms with van der Waals surface area (Å²) >= 11 is 1.83. The third-order valence-corrected chi connectivity index (χ3v) is 6.80. The van der Waals surface area contributed by atoms with Crippen LogP contribution in [0.1, 0.15) is 41.6 Å². The molecule has 1 unspecified atom stereocenters. The van der Waals surface area contributed by atoms with E-state index in [1.807, 2.05) is 25.3 Å². The number of aromatic nitrogens is 2. The van der Waals surface area contributed by atoms with E-state index in [1.54, 1.807) is 0 Å². The molecule has 0 saturated heterocycles. The van der Waals surface area contributed by atoms with Crippen LogP contribution in [0.25, 0.3) is 21.2 Å². The third-order valence-electron chi connectivity index (χ3n) is 5.49. The normalized spacial score (nSPS) is 12.3. The molecule has 0 saturated carbocycles. The lowest BCUT2D eigenvalue weighted by molar-refractivity contribution is 0.820. The van der Waals surface area contributed by atoms with Crippen LogP contribution in [0.5, 0.6) is 0 Å². The highest BCUT2D eigenvalue weighted by atomic mass is 32.1. The van der Waals surface area contributed by atoms with Crippen molar-refractivity contribution < 1.29 is 0 Å². The van der Waals surface area contributed by atoms with Gasteiger partial charge in [-0.3, -0.25) is 0 Å². The first kappa shape index (κ1) is 20.5. The van der Waals surface area contributed by atoms with Crippen LogP contribution in [-0.4, -0.2) is 17.2 Å². The molecule has 5 heteroatoms. The summed E-state index contributed by atoms with van der Waals surface area (Å²) in [4.78, 5) is 2.57. The fraction of sp³-hybridized carbons (Fsp3) is 0.280. The zero-order valence-electron chi connectivity index (χ0n) is 18.0. The number of hydrogen-bond donors (Lipinski definition) is 2. The molecule has 30 heavy (non-hydrogen) atoms. The second kappa shape index (κ2) is 8.94. The van der Waals surface area contributed by atoms with Gasteiger partial charge in [0, 0.05) is 27.1 Å². The lowest BCUT2D eigenvalue weighted by atomic mass is 10.1. The maximum absolute atomic E-state index is 4.49. The predicted molar refractivity (Wildman–Crippen MR) is 128 cm³/mol. The molecule has 0 radical (unpaired) electrons. The number of hydrogen-bond acceptors (Lipinski definition) is 5. The molecule has 0 bridgehead atoms. The number of fused-ring (bicyclic) bond motifs is 1. The van der Waals surface area contributed by atoms with Gasteiger partial charge in [0.05, 0.1) is 11.7 Å². The standard InChI is InChI=1S/C25H28N4S/c1-5-18-10-11-20-16(2)28-29-25(22(20)14-18)27-17(3)23-12-13-24(30-23)21-9-7-6-8-19(21)15-26-4/h6-14,17,26H,5,15H2,1-4H3,(H,27,29). The predicted octanol–water partition coefficient (Wildman–Crippen LogP) is 6.12. The van der Waals surface area contributed by atoms with Gasteiger partial charge in [0.2, 0.25) is 0 Å². The maximum Gasteiger partial charge on any atom is 0.157 e. The summed E-state index contributed by atoms with van der Waals surface area (Å²) < 4.78 is 0. The molecular weight excluding hydrogens is 388 g/mol. The quantitative estimate of drug-likeness (QED) is 0.381. The first-order chi connectivity index (χ1) is 14.6. The van der Waals surface area contributed by atoms with Gasteiger partial charge in [0.25, 0.3) is 0 Å². The monoisotopic (exact) mass is 416 g/mol. The Kier molecular flexibility index (Phi) is 6.11. The lowest BCUT2D eigenvalue weighted by Crippen LogP contribution is -2.08. The van der Waals surface area contributed by atoms with Gasteiger partial charge in [-0.05, 0) is 62.2 Å². The molecular formula is C25H28N4S. The molecule has 154 valence electrons. The first-order valence-corrected chi connectivity index (χ1v) is 11.3. The van der Waals surface area contributed by atoms with Crippen molar-refractivity contribution in [1.29, 1.82) is 0 Å². The number of aryl methyl sites for hydroxylation is 2. The number of anilines is 1. The molecule has 0 aliphatic heterocycles. The van der Waals surface area contributed by atoms with Crippen molar-refractivity contribution in [2.45, 2.75) is 39.8 Å². The SMILES string of the molecule is CCc1ccc2c(C)nnc(NC(C)c3ccc(-c4ccccc4CNC)s3)c2c1. The van der Waals surface area contributed by atoms with Crippen LogP contribution in [0.3, 0.4) is 0 Å². The Morgan fingerprint density at radius 3 is 2.63 bits per heavy atom. The first-order valence-electron chi connectivity index (χ1n) is 10.5. The van der Waals surface area contributed by atoms with E-state index in [0.29, 0.717) is 0 Å². The van der Waals surface area contributed by atoms with Gasteiger partial charge in [-0.15, -0.1) is 16.4 Å². The van der Waals surface area contributed by atoms with Crippen LogP contribution in [0.15, 0.2) is 54.6 Å². The van der Waals surface area contributed by atoms with E-state index >= 15 is 0 Å². The van der Waals surface area contributed by atoms with Crippen LogP contribution in [0, 0.1) is 6.92 Å². The van der Waals surface area contributed by atoms with Crippen molar-refractivity contribution in [3.63, 3.8) is 0 Å². The van der Waals surface area contributed by atoms with Crippen LogP contribution >= 0.6 is 11.3 Å². The van der Waals surface area contributed by atoms with E-state index in [2.05, 4.69) is 89.3 Å². The van der Waals surface area contributed by atoms with Crippen LogP contribution in [0.2, 0.25) is 0 Å². The molecule has 0 aliphatic carbocycles. The van der Waals surface area contributed by atoms with Crippen molar-refractivity contribution in [3.8, 4) is 10.4 Å². The van der Waals surface area contributed by atoms with Crippen molar-refractivity contribution in [1.82, 2.24) is 15.5 Å². The second-order valence-corrected chi connectivity index (χ2v) is 8.74. The smallest absolute Gasteiger partial charge is 0.157 e. The molecule has 4 rings (SSSR count). The Morgan fingerprint density at radius 2 is 1.83 bits per heavy atom. The highest BCUT2D eigenvalue weighted by molar-refractivity contribution is 7.15. The molecule has 0 aliphatic rings. The van der Waals surface area contributed by atoms with Gasteiger partial charge in [-0.25, -0.2) is 0 Å². The summed E-state index contributed by atoms with van der Waals surface area (Å²) in [6, 6.07) is 19.8. The number of rotatable bonds is 7. The number of benzene rings is 2. The Morgan fingerprint density at radius 1 is 1.00 bits per heavy atom. The topological polar surface area (TPSA) is 49.8 Å². The van der Waals surface area contributed by atoms with Crippen LogP contribution in [0.4, 0.5) is 5.82 Å². The Balaban J connectivity index is 1.63. The van der Waals surface area contributed by atoms with Gasteiger partial charge >= 0.3 is 0 Å². The summed E-state index contributed by atoms with van der Waals surface area (Å²) in [7, 11) is 1.99. The molecule has 1 atom stereocenters. The fourth-order valence-corrected chi connectivity index (χ4v) is 4.84. The Bertz CT molecular complexity index is 1160. The molecule has 0 fully saturated rings. The summed E-state index contributed by atoms with van der Waals surface area (Å²) in [5.74, 6) is 0.851. The Labute approximate surface area is 182 Å². The van der Waals surface area contributed by atoms with Crippen molar-refractivity contribution in [2.75, 3.05) is 12.4 Å². The van der Waals surface area contributed by atoms with E-state index in [-0.39, 0.29) is 6.04 Å². The number of nitrogens with zero attached hydrogens (tertiary/aromatic N) is 2. The average Bonchev–Trinajstić information content (AvgIpc) is 3.26. The van der Waals surface area contributed by atoms with Crippen molar-refractivity contribution >= 4 is 27.9 Å². The summed E-state index contributed by atoms with van der Waals surface area (Å²) in [5.41, 5.74) is 4.88. The third kappa shape index (κ3) is 4.09. The second-order valence-electron chi connectivity index (χ2n) is 7.62. The molecule has 2 heterocycles. The minimum Gasteiger partial charge on any atom is -0.361 e. The Hall–Kier alpha value is -2.76. The average molecular weight is 417 g/mol. The minimum absolute atomic E-state index is 0.144. The van der Waals surface area contributed by atoms with Crippen molar-refractivity contribution in [3.05, 3.63) is 76.3 Å². The van der Waals surface area contributed by atoms with Crippen molar-refractivity contribution in [2.24, 2.45) is 0 Å². The zero-order chi connectivity index (χ0) is 21.1. The molecule has 0 amide bonds. The number of nitrogens with one attached hydrogen (secondary N) is 2. The van der Waals surface area contributed by atoms with E-state index in [4.69, 9.17) is 0 Å². The molecule has 4 nitrogen and oxygen atoms in total. The molecule has 2 aromatic heterocycles. The molecule has 4 aromatic rings. The largest absolute Gasteiger partial charge is 0.361 e.